The Morgan fingerprint density at radius 3 is 2.67 bits per heavy atom. The molecule has 4 heteroatoms. The molecule has 0 heterocycles. The predicted octanol–water partition coefficient (Wildman–Crippen LogP) is 1.81. The molecule has 0 radical (unpaired) electrons. The van der Waals surface area contributed by atoms with Gasteiger partial charge in [0.15, 0.2) is 0 Å². The summed E-state index contributed by atoms with van der Waals surface area (Å²) in [5.41, 5.74) is 0. The molecular weight excluding hydrogens is 137 g/mol. The van der Waals surface area contributed by atoms with Gasteiger partial charge in [0, 0.05) is 6.66 Å². The third-order valence-corrected chi connectivity index (χ3v) is 2.19. The average Bonchev–Trinajstić information content (AvgIpc) is 1.64. The molecule has 0 rings (SSSR count). The summed E-state index contributed by atoms with van der Waals surface area (Å²) in [5.74, 6) is 0. The van der Waals surface area contributed by atoms with E-state index in [0.29, 0.717) is 6.61 Å². The second-order valence-corrected chi connectivity index (χ2v) is 4.30. The quantitative estimate of drug-likeness (QED) is 0.450. The summed E-state index contributed by atoms with van der Waals surface area (Å²) in [6, 6.07) is 0. The summed E-state index contributed by atoms with van der Waals surface area (Å²) >= 11 is 0. The van der Waals surface area contributed by atoms with Crippen LogP contribution in [0.2, 0.25) is 0 Å². The van der Waals surface area contributed by atoms with Crippen molar-refractivity contribution in [2.75, 3.05) is 19.6 Å². The van der Waals surface area contributed by atoms with Crippen LogP contribution in [0.1, 0.15) is 6.92 Å². The van der Waals surface area contributed by atoms with Crippen molar-refractivity contribution in [3.8, 4) is 0 Å². The Bertz CT molecular complexity index is 161. The van der Waals surface area contributed by atoms with Gasteiger partial charge in [0.1, 0.15) is 0 Å². The van der Waals surface area contributed by atoms with Crippen molar-refractivity contribution in [2.45, 2.75) is 6.92 Å². The third-order valence-electron chi connectivity index (χ3n) is 0.730. The molecule has 9 heavy (non-hydrogen) atoms. The number of hydrogen-bond acceptors (Lipinski definition) is 2. The second kappa shape index (κ2) is 3.66. The second-order valence-electron chi connectivity index (χ2n) is 1.73. The van der Waals surface area contributed by atoms with Gasteiger partial charge in [0.25, 0.3) is 13.7 Å². The third kappa shape index (κ3) is 4.20. The maximum absolute atomic E-state index is 11.0. The van der Waals surface area contributed by atoms with Crippen LogP contribution in [0.5, 0.6) is 0 Å². The van der Waals surface area contributed by atoms with Crippen molar-refractivity contribution in [1.82, 2.24) is 0 Å². The SMILES string of the molecule is [C-]#[N+]CP(C)(=O)OCC. The fourth-order valence-corrected chi connectivity index (χ4v) is 1.33. The van der Waals surface area contributed by atoms with E-state index in [2.05, 4.69) is 4.85 Å². The minimum absolute atomic E-state index is 0.000833. The van der Waals surface area contributed by atoms with Crippen molar-refractivity contribution in [1.29, 1.82) is 0 Å². The minimum atomic E-state index is -2.55. The van der Waals surface area contributed by atoms with Crippen LogP contribution in [-0.4, -0.2) is 19.6 Å². The standard InChI is InChI=1S/C5H10NO2P/c1-4-8-9(3,7)5-6-2/h4-5H2,1,3H3. The highest BCUT2D eigenvalue weighted by Gasteiger charge is 2.17. The summed E-state index contributed by atoms with van der Waals surface area (Å²) < 4.78 is 15.8. The van der Waals surface area contributed by atoms with E-state index in [9.17, 15) is 4.57 Å². The summed E-state index contributed by atoms with van der Waals surface area (Å²) in [6.07, 6.45) is 0.000833. The topological polar surface area (TPSA) is 30.7 Å². The van der Waals surface area contributed by atoms with Crippen molar-refractivity contribution >= 4 is 7.37 Å². The lowest BCUT2D eigenvalue weighted by molar-refractivity contribution is 0.339. The summed E-state index contributed by atoms with van der Waals surface area (Å²) in [4.78, 5) is 2.99. The summed E-state index contributed by atoms with van der Waals surface area (Å²) in [5, 5.41) is 0. The number of rotatable bonds is 3. The zero-order chi connectivity index (χ0) is 7.33. The molecule has 1 unspecified atom stereocenters. The molecule has 0 aromatic rings. The van der Waals surface area contributed by atoms with Crippen molar-refractivity contribution in [3.63, 3.8) is 0 Å². The molecule has 0 aliphatic heterocycles. The van der Waals surface area contributed by atoms with Crippen molar-refractivity contribution < 1.29 is 9.09 Å². The van der Waals surface area contributed by atoms with Gasteiger partial charge >= 0.3 is 0 Å². The molecule has 0 amide bonds. The molecule has 0 N–H and O–H groups in total. The molecule has 52 valence electrons. The highest BCUT2D eigenvalue weighted by atomic mass is 31.2. The minimum Gasteiger partial charge on any atom is -0.324 e. The van der Waals surface area contributed by atoms with Crippen LogP contribution in [-0.2, 0) is 9.09 Å². The van der Waals surface area contributed by atoms with Gasteiger partial charge in [-0.2, -0.15) is 0 Å². The molecular formula is C5H10NO2P. The van der Waals surface area contributed by atoms with Gasteiger partial charge in [-0.15, -0.1) is 0 Å². The lowest BCUT2D eigenvalue weighted by Crippen LogP contribution is -1.88. The van der Waals surface area contributed by atoms with Gasteiger partial charge in [-0.1, -0.05) is 0 Å². The average molecular weight is 147 g/mol. The van der Waals surface area contributed by atoms with Crippen molar-refractivity contribution in [2.24, 2.45) is 0 Å². The first-order chi connectivity index (χ1) is 4.12. The Balaban J connectivity index is 3.75. The van der Waals surface area contributed by atoms with E-state index >= 15 is 0 Å². The highest BCUT2D eigenvalue weighted by molar-refractivity contribution is 7.58. The van der Waals surface area contributed by atoms with E-state index in [-0.39, 0.29) is 6.29 Å². The Kier molecular flexibility index (Phi) is 3.53. The van der Waals surface area contributed by atoms with Crippen LogP contribution in [0.3, 0.4) is 0 Å². The monoisotopic (exact) mass is 147 g/mol. The molecule has 3 nitrogen and oxygen atoms in total. The van der Waals surface area contributed by atoms with Crippen LogP contribution in [0.15, 0.2) is 0 Å². The Morgan fingerprint density at radius 2 is 2.33 bits per heavy atom. The van der Waals surface area contributed by atoms with E-state index in [4.69, 9.17) is 11.1 Å². The zero-order valence-corrected chi connectivity index (χ0v) is 6.52. The Labute approximate surface area is 55.3 Å². The zero-order valence-electron chi connectivity index (χ0n) is 5.63. The van der Waals surface area contributed by atoms with Gasteiger partial charge in [0.2, 0.25) is 0 Å². The fourth-order valence-electron chi connectivity index (χ4n) is 0.442. The van der Waals surface area contributed by atoms with E-state index in [1.807, 2.05) is 0 Å². The van der Waals surface area contributed by atoms with Crippen LogP contribution in [0.25, 0.3) is 4.85 Å². The first-order valence-electron chi connectivity index (χ1n) is 2.66. The maximum Gasteiger partial charge on any atom is 0.287 e. The highest BCUT2D eigenvalue weighted by Crippen LogP contribution is 2.41. The fraction of sp³-hybridized carbons (Fsp3) is 0.800. The molecule has 0 aromatic carbocycles. The van der Waals surface area contributed by atoms with E-state index < -0.39 is 7.37 Å². The largest absolute Gasteiger partial charge is 0.324 e. The number of nitrogens with zero attached hydrogens (tertiary/aromatic N) is 1. The van der Waals surface area contributed by atoms with Crippen LogP contribution in [0, 0.1) is 6.57 Å². The van der Waals surface area contributed by atoms with Crippen LogP contribution in [0.4, 0.5) is 0 Å². The lowest BCUT2D eigenvalue weighted by atomic mass is 10.9. The van der Waals surface area contributed by atoms with Gasteiger partial charge in [-0.05, 0) is 6.92 Å². The molecule has 0 bridgehead atoms. The first kappa shape index (κ1) is 8.68. The maximum atomic E-state index is 11.0. The molecule has 0 fully saturated rings. The molecule has 0 saturated carbocycles. The van der Waals surface area contributed by atoms with E-state index in [0.717, 1.165) is 0 Å². The van der Waals surface area contributed by atoms with Gasteiger partial charge < -0.3 is 9.37 Å². The molecule has 0 spiro atoms. The van der Waals surface area contributed by atoms with Crippen LogP contribution >= 0.6 is 7.37 Å². The molecule has 0 aliphatic rings. The Hall–Kier alpha value is -0.320. The van der Waals surface area contributed by atoms with Crippen molar-refractivity contribution in [3.05, 3.63) is 11.4 Å². The van der Waals surface area contributed by atoms with Gasteiger partial charge in [0.05, 0.1) is 6.61 Å². The van der Waals surface area contributed by atoms with Gasteiger partial charge in [-0.3, -0.25) is 4.57 Å². The molecule has 1 atom stereocenters. The Morgan fingerprint density at radius 1 is 1.78 bits per heavy atom. The molecule has 0 aliphatic carbocycles. The van der Waals surface area contributed by atoms with E-state index in [1.54, 1.807) is 6.92 Å². The summed E-state index contributed by atoms with van der Waals surface area (Å²) in [7, 11) is -2.55. The predicted molar refractivity (Wildman–Crippen MR) is 36.6 cm³/mol. The number of hydrogen-bond donors (Lipinski definition) is 0. The first-order valence-corrected chi connectivity index (χ1v) is 4.92. The van der Waals surface area contributed by atoms with E-state index in [1.165, 1.54) is 6.66 Å². The normalized spacial score (nSPS) is 16.1. The van der Waals surface area contributed by atoms with Crippen LogP contribution < -0.4 is 0 Å². The smallest absolute Gasteiger partial charge is 0.287 e. The van der Waals surface area contributed by atoms with Gasteiger partial charge in [-0.25, -0.2) is 6.57 Å². The molecule has 0 aromatic heterocycles. The summed E-state index contributed by atoms with van der Waals surface area (Å²) in [6.45, 7) is 10.1. The molecule has 0 saturated heterocycles. The lowest BCUT2D eigenvalue weighted by Gasteiger charge is -2.03.